The Morgan fingerprint density at radius 1 is 1.00 bits per heavy atom. The van der Waals surface area contributed by atoms with Crippen molar-refractivity contribution < 1.29 is 19.8 Å². The Morgan fingerprint density at radius 2 is 1.91 bits per heavy atom. The highest BCUT2D eigenvalue weighted by Gasteiger charge is 2.75. The molecular weight excluding hydrogens is 536 g/mol. The first-order valence-electron chi connectivity index (χ1n) is 16.9. The fraction of sp³-hybridized carbons (Fsp3) is 0.583. The van der Waals surface area contributed by atoms with Crippen molar-refractivity contribution >= 4 is 27.4 Å². The van der Waals surface area contributed by atoms with Crippen LogP contribution >= 0.6 is 0 Å². The van der Waals surface area contributed by atoms with E-state index in [9.17, 15) is 10.2 Å². The summed E-state index contributed by atoms with van der Waals surface area (Å²) in [4.78, 5) is 13.0. The van der Waals surface area contributed by atoms with E-state index in [2.05, 4.69) is 58.4 Å². The normalized spacial score (nSPS) is 43.3. The molecule has 0 saturated carbocycles. The zero-order valence-corrected chi connectivity index (χ0v) is 25.1. The predicted octanol–water partition coefficient (Wildman–Crippen LogP) is 3.97. The molecule has 226 valence electrons. The zero-order valence-electron chi connectivity index (χ0n) is 25.1. The molecule has 1 aliphatic carbocycles. The second-order valence-corrected chi connectivity index (χ2v) is 14.6. The van der Waals surface area contributed by atoms with E-state index in [1.54, 1.807) is 0 Å². The van der Waals surface area contributed by atoms with E-state index >= 15 is 0 Å². The molecule has 7 heterocycles. The highest BCUT2D eigenvalue weighted by molar-refractivity contribution is 6.09. The number of pyridine rings is 1. The van der Waals surface area contributed by atoms with Crippen molar-refractivity contribution in [2.24, 2.45) is 11.3 Å². The lowest BCUT2D eigenvalue weighted by Gasteiger charge is -2.56. The first-order valence-corrected chi connectivity index (χ1v) is 16.9. The van der Waals surface area contributed by atoms with Crippen molar-refractivity contribution in [3.05, 3.63) is 60.5 Å². The van der Waals surface area contributed by atoms with Crippen molar-refractivity contribution in [2.75, 3.05) is 26.2 Å². The molecule has 9 atom stereocenters. The molecule has 4 saturated heterocycles. The maximum absolute atomic E-state index is 13.2. The minimum atomic E-state index is -0.978. The zero-order chi connectivity index (χ0) is 28.8. The van der Waals surface area contributed by atoms with Crippen molar-refractivity contribution in [1.29, 1.82) is 0 Å². The van der Waals surface area contributed by atoms with Crippen LogP contribution < -0.4 is 4.90 Å². The fourth-order valence-electron chi connectivity index (χ4n) is 10.8. The van der Waals surface area contributed by atoms with E-state index in [0.717, 1.165) is 87.9 Å². The van der Waals surface area contributed by atoms with Crippen LogP contribution in [0.25, 0.3) is 27.4 Å². The molecular formula is C36H45N4O3+. The Kier molecular flexibility index (Phi) is 6.06. The Balaban J connectivity index is 1.26. The molecule has 2 aromatic heterocycles. The quantitative estimate of drug-likeness (QED) is 0.327. The average Bonchev–Trinajstić information content (AvgIpc) is 3.53. The maximum atomic E-state index is 13.2. The third kappa shape index (κ3) is 3.88. The fourth-order valence-corrected chi connectivity index (χ4v) is 10.8. The van der Waals surface area contributed by atoms with Gasteiger partial charge in [-0.15, -0.1) is 0 Å². The number of hydrogen-bond acceptors (Lipinski definition) is 5. The van der Waals surface area contributed by atoms with Crippen LogP contribution in [0, 0.1) is 11.3 Å². The van der Waals surface area contributed by atoms with Gasteiger partial charge in [0, 0.05) is 54.2 Å². The van der Waals surface area contributed by atoms with E-state index in [4.69, 9.17) is 9.72 Å². The lowest BCUT2D eigenvalue weighted by atomic mass is 9.54. The molecule has 7 nitrogen and oxygen atoms in total. The average molecular weight is 582 g/mol. The van der Waals surface area contributed by atoms with E-state index in [1.807, 2.05) is 6.20 Å². The van der Waals surface area contributed by atoms with Crippen molar-refractivity contribution in [1.82, 2.24) is 14.9 Å². The highest BCUT2D eigenvalue weighted by atomic mass is 16.5. The van der Waals surface area contributed by atoms with Gasteiger partial charge in [0.05, 0.1) is 35.4 Å². The minimum Gasteiger partial charge on any atom is -0.390 e. The van der Waals surface area contributed by atoms with Crippen LogP contribution in [-0.4, -0.2) is 80.8 Å². The van der Waals surface area contributed by atoms with Gasteiger partial charge >= 0.3 is 0 Å². The summed E-state index contributed by atoms with van der Waals surface area (Å²) >= 11 is 0. The van der Waals surface area contributed by atoms with Crippen LogP contribution in [0.15, 0.2) is 54.8 Å². The van der Waals surface area contributed by atoms with Gasteiger partial charge in [-0.05, 0) is 81.8 Å². The van der Waals surface area contributed by atoms with Gasteiger partial charge in [-0.25, -0.2) is 0 Å². The van der Waals surface area contributed by atoms with Gasteiger partial charge in [0.15, 0.2) is 0 Å². The lowest BCUT2D eigenvalue weighted by Crippen LogP contribution is -3.25. The Labute approximate surface area is 253 Å². The van der Waals surface area contributed by atoms with Gasteiger partial charge in [0.2, 0.25) is 5.72 Å². The van der Waals surface area contributed by atoms with Crippen LogP contribution in [0.1, 0.15) is 69.9 Å². The summed E-state index contributed by atoms with van der Waals surface area (Å²) in [5.41, 5.74) is 3.02. The molecule has 1 aromatic carbocycles. The molecule has 6 aliphatic rings. The smallest absolute Gasteiger partial charge is 0.203 e. The number of aromatic nitrogens is 2. The number of rotatable bonds is 1. The second kappa shape index (κ2) is 9.72. The summed E-state index contributed by atoms with van der Waals surface area (Å²) in [5, 5.41) is 26.4. The van der Waals surface area contributed by atoms with E-state index < -0.39 is 5.60 Å². The van der Waals surface area contributed by atoms with Gasteiger partial charge in [-0.3, -0.25) is 4.98 Å². The number of benzene rings is 1. The summed E-state index contributed by atoms with van der Waals surface area (Å²) in [6.07, 6.45) is 18.1. The molecule has 5 bridgehead atoms. The molecule has 43 heavy (non-hydrogen) atoms. The van der Waals surface area contributed by atoms with Crippen LogP contribution in [0.5, 0.6) is 0 Å². The number of nitrogens with one attached hydrogen (secondary N) is 2. The molecule has 3 aromatic rings. The number of H-pyrrole nitrogens is 1. The van der Waals surface area contributed by atoms with Crippen LogP contribution in [0.3, 0.4) is 0 Å². The largest absolute Gasteiger partial charge is 0.390 e. The molecule has 4 N–H and O–H groups in total. The maximum Gasteiger partial charge on any atom is 0.203 e. The molecule has 0 amide bonds. The number of nitrogens with zero attached hydrogens (tertiary/aromatic N) is 2. The molecule has 2 spiro atoms. The van der Waals surface area contributed by atoms with Crippen molar-refractivity contribution in [2.45, 2.75) is 93.8 Å². The number of quaternary nitrogens is 1. The standard InChI is InChI=1S/C36H44N4O3/c41-29-11-16-36-22-34-23-39-18-8-4-2-1-3-7-15-35(42,33(34)40(36)20-14-30(29)43-36)21-26(27(34)13-19-39)31-32-25(12-17-37-31)24-9-5-6-10-28(24)38-32/h1,3,5-6,9-10,12,17,21,27,29-30,33,38,41-42H,2,4,7-8,11,13-16,18-20,22-23H2/p+1/b3-1-/t27-,29+,30-,33+,34-,35-,36+/m0/s1. The number of ether oxygens (including phenoxy) is 1. The number of hydrogen-bond donors (Lipinski definition) is 4. The summed E-state index contributed by atoms with van der Waals surface area (Å²) in [7, 11) is 0. The molecule has 9 rings (SSSR count). The lowest BCUT2D eigenvalue weighted by molar-refractivity contribution is -1.01. The first kappa shape index (κ1) is 26.8. The van der Waals surface area contributed by atoms with Gasteiger partial charge in [-0.2, -0.15) is 0 Å². The Bertz CT molecular complexity index is 1630. The second-order valence-electron chi connectivity index (χ2n) is 14.6. The predicted molar refractivity (Wildman–Crippen MR) is 167 cm³/mol. The number of aromatic amines is 1. The number of para-hydroxylation sites is 1. The topological polar surface area (TPSA) is 86.0 Å². The molecule has 0 radical (unpaired) electrons. The summed E-state index contributed by atoms with van der Waals surface area (Å²) in [6, 6.07) is 10.7. The van der Waals surface area contributed by atoms with Crippen LogP contribution in [0.4, 0.5) is 0 Å². The molecule has 5 aliphatic heterocycles. The van der Waals surface area contributed by atoms with Crippen LogP contribution in [-0.2, 0) is 4.74 Å². The van der Waals surface area contributed by atoms with Crippen molar-refractivity contribution in [3.63, 3.8) is 0 Å². The summed E-state index contributed by atoms with van der Waals surface area (Å²) < 4.78 is 6.98. The van der Waals surface area contributed by atoms with E-state index in [1.165, 1.54) is 34.1 Å². The Morgan fingerprint density at radius 3 is 2.86 bits per heavy atom. The number of piperidine rings is 1. The third-order valence-electron chi connectivity index (χ3n) is 12.4. The number of allylic oxidation sites excluding steroid dienone is 3. The third-order valence-corrected chi connectivity index (χ3v) is 12.4. The van der Waals surface area contributed by atoms with Gasteiger partial charge < -0.3 is 29.7 Å². The summed E-state index contributed by atoms with van der Waals surface area (Å²) in [6.45, 7) is 4.16. The number of aliphatic hydroxyl groups excluding tert-OH is 1. The summed E-state index contributed by atoms with van der Waals surface area (Å²) in [5.74, 6) is 0.292. The number of aliphatic hydroxyl groups is 2. The van der Waals surface area contributed by atoms with Gasteiger partial charge in [0.1, 0.15) is 11.6 Å². The van der Waals surface area contributed by atoms with Gasteiger partial charge in [0.25, 0.3) is 0 Å². The number of fused-ring (bicyclic) bond motifs is 5. The van der Waals surface area contributed by atoms with E-state index in [-0.39, 0.29) is 29.4 Å². The van der Waals surface area contributed by atoms with Crippen LogP contribution in [0.2, 0.25) is 0 Å². The molecule has 4 fully saturated rings. The SMILES string of the molecule is O[C@@H]1CC[C@@]23C[C@]45CN6CCCC/C=C\CC[C@](O)(C=C(c7nccc8c7[nH]c7ccccc78)[C@@H]4CC6)[C@@H]5[NH+]2CC[C@@H]1O3. The van der Waals surface area contributed by atoms with Crippen molar-refractivity contribution in [3.8, 4) is 0 Å². The Hall–Kier alpha value is -2.55. The minimum absolute atomic E-state index is 0.0591. The molecule has 7 heteroatoms. The first-order chi connectivity index (χ1) is 21.0. The van der Waals surface area contributed by atoms with E-state index in [0.29, 0.717) is 12.3 Å². The highest BCUT2D eigenvalue weighted by Crippen LogP contribution is 2.60. The van der Waals surface area contributed by atoms with Gasteiger partial charge in [-0.1, -0.05) is 30.4 Å². The molecule has 2 unspecified atom stereocenters. The monoisotopic (exact) mass is 581 g/mol.